The maximum Gasteiger partial charge on any atom is 0.407 e. The van der Waals surface area contributed by atoms with Crippen molar-refractivity contribution in [2.24, 2.45) is 0 Å². The lowest BCUT2D eigenvalue weighted by Gasteiger charge is -2.07. The van der Waals surface area contributed by atoms with Crippen molar-refractivity contribution >= 4 is 12.2 Å². The Morgan fingerprint density at radius 3 is 2.71 bits per heavy atom. The highest BCUT2D eigenvalue weighted by Crippen LogP contribution is 2.15. The van der Waals surface area contributed by atoms with Crippen molar-refractivity contribution < 1.29 is 14.6 Å². The van der Waals surface area contributed by atoms with Crippen molar-refractivity contribution in [2.75, 3.05) is 6.54 Å². The third-order valence-electron chi connectivity index (χ3n) is 3.75. The molecule has 0 heterocycles. The number of rotatable bonds is 7. The lowest BCUT2D eigenvalue weighted by Crippen LogP contribution is -2.24. The summed E-state index contributed by atoms with van der Waals surface area (Å²) in [5.74, 6) is 0. The molecule has 0 aliphatic carbocycles. The van der Waals surface area contributed by atoms with E-state index >= 15 is 0 Å². The fraction of sp³-hybridized carbons (Fsp3) is 0.250. The van der Waals surface area contributed by atoms with Gasteiger partial charge in [0.25, 0.3) is 0 Å². The highest BCUT2D eigenvalue weighted by Gasteiger charge is 2.01. The molecule has 24 heavy (non-hydrogen) atoms. The van der Waals surface area contributed by atoms with Crippen molar-refractivity contribution in [3.63, 3.8) is 0 Å². The number of hydrogen-bond acceptors (Lipinski definition) is 3. The number of carbonyl (C=O) groups excluding carboxylic acids is 1. The van der Waals surface area contributed by atoms with Crippen molar-refractivity contribution in [2.45, 2.75) is 26.6 Å². The Hall–Kier alpha value is -2.59. The van der Waals surface area contributed by atoms with Gasteiger partial charge in [-0.15, -0.1) is 0 Å². The molecule has 0 saturated carbocycles. The van der Waals surface area contributed by atoms with E-state index in [1.165, 1.54) is 0 Å². The predicted octanol–water partition coefficient (Wildman–Crippen LogP) is 3.82. The van der Waals surface area contributed by atoms with Crippen LogP contribution in [0.4, 0.5) is 4.79 Å². The van der Waals surface area contributed by atoms with Crippen LogP contribution in [0.25, 0.3) is 6.08 Å². The molecule has 0 spiro atoms. The lowest BCUT2D eigenvalue weighted by molar-refractivity contribution is 0.140. The predicted molar refractivity (Wildman–Crippen MR) is 95.4 cm³/mol. The zero-order valence-electron chi connectivity index (χ0n) is 13.9. The average molecular weight is 325 g/mol. The van der Waals surface area contributed by atoms with Gasteiger partial charge in [0.1, 0.15) is 6.61 Å². The number of carbonyl (C=O) groups is 1. The molecule has 4 heteroatoms. The van der Waals surface area contributed by atoms with Gasteiger partial charge in [0.05, 0.1) is 6.61 Å². The Balaban J connectivity index is 1.70. The Morgan fingerprint density at radius 2 is 1.96 bits per heavy atom. The minimum atomic E-state index is -0.411. The highest BCUT2D eigenvalue weighted by molar-refractivity contribution is 5.67. The Bertz CT molecular complexity index is 681. The number of nitrogens with one attached hydrogen (secondary N) is 1. The summed E-state index contributed by atoms with van der Waals surface area (Å²) < 4.78 is 5.14. The molecule has 126 valence electrons. The average Bonchev–Trinajstić information content (AvgIpc) is 2.62. The van der Waals surface area contributed by atoms with Crippen LogP contribution in [0.1, 0.15) is 28.7 Å². The first kappa shape index (κ1) is 17.8. The number of benzene rings is 2. The van der Waals surface area contributed by atoms with Crippen LogP contribution >= 0.6 is 0 Å². The van der Waals surface area contributed by atoms with Gasteiger partial charge in [0.2, 0.25) is 0 Å². The van der Waals surface area contributed by atoms with E-state index in [-0.39, 0.29) is 13.2 Å². The topological polar surface area (TPSA) is 58.6 Å². The molecular formula is C20H23NO3. The molecular weight excluding hydrogens is 302 g/mol. The van der Waals surface area contributed by atoms with Gasteiger partial charge in [0.15, 0.2) is 0 Å². The van der Waals surface area contributed by atoms with E-state index in [1.54, 1.807) is 0 Å². The maximum atomic E-state index is 11.6. The summed E-state index contributed by atoms with van der Waals surface area (Å²) in [5.41, 5.74) is 4.05. The van der Waals surface area contributed by atoms with E-state index in [1.807, 2.05) is 67.6 Å². The minimum absolute atomic E-state index is 0.0440. The highest BCUT2D eigenvalue weighted by atomic mass is 16.5. The molecule has 0 aromatic heterocycles. The summed E-state index contributed by atoms with van der Waals surface area (Å²) in [5, 5.41) is 12.0. The molecule has 0 bridgehead atoms. The van der Waals surface area contributed by atoms with Crippen molar-refractivity contribution in [1.82, 2.24) is 5.32 Å². The summed E-state index contributed by atoms with van der Waals surface area (Å²) >= 11 is 0. The zero-order valence-corrected chi connectivity index (χ0v) is 13.9. The molecule has 0 radical (unpaired) electrons. The SMILES string of the molecule is Cc1c(C=CCCNC(=O)OCc2ccccc2)cccc1CO. The Kier molecular flexibility index (Phi) is 7.05. The molecule has 2 rings (SSSR count). The molecule has 2 aromatic rings. The molecule has 4 nitrogen and oxygen atoms in total. The van der Waals surface area contributed by atoms with Crippen molar-refractivity contribution in [3.05, 3.63) is 76.9 Å². The van der Waals surface area contributed by atoms with Crippen molar-refractivity contribution in [3.8, 4) is 0 Å². The standard InChI is InChI=1S/C20H23NO3/c1-16-18(11-7-12-19(16)14-22)10-5-6-13-21-20(23)24-15-17-8-3-2-4-9-17/h2-5,7-12,22H,6,13-15H2,1H3,(H,21,23). The number of alkyl carbamates (subject to hydrolysis) is 1. The third-order valence-corrected chi connectivity index (χ3v) is 3.75. The summed E-state index contributed by atoms with van der Waals surface area (Å²) in [4.78, 5) is 11.6. The number of aliphatic hydroxyl groups is 1. The van der Waals surface area contributed by atoms with E-state index in [0.717, 1.165) is 22.3 Å². The van der Waals surface area contributed by atoms with Crippen LogP contribution in [0.15, 0.2) is 54.6 Å². The summed E-state index contributed by atoms with van der Waals surface area (Å²) in [6.45, 7) is 2.82. The minimum Gasteiger partial charge on any atom is -0.445 e. The Labute approximate surface area is 142 Å². The molecule has 2 aromatic carbocycles. The first-order valence-electron chi connectivity index (χ1n) is 8.01. The third kappa shape index (κ3) is 5.56. The molecule has 0 unspecified atom stereocenters. The van der Waals surface area contributed by atoms with E-state index in [0.29, 0.717) is 13.0 Å². The molecule has 0 atom stereocenters. The van der Waals surface area contributed by atoms with Crippen molar-refractivity contribution in [1.29, 1.82) is 0 Å². The fourth-order valence-electron chi connectivity index (χ4n) is 2.30. The zero-order chi connectivity index (χ0) is 17.2. The molecule has 2 N–H and O–H groups in total. The molecule has 0 fully saturated rings. The number of amides is 1. The molecule has 0 saturated heterocycles. The van der Waals surface area contributed by atoms with Gasteiger partial charge in [-0.25, -0.2) is 4.79 Å². The van der Waals surface area contributed by atoms with Crippen LogP contribution in [-0.4, -0.2) is 17.7 Å². The van der Waals surface area contributed by atoms with Gasteiger partial charge < -0.3 is 15.2 Å². The number of aliphatic hydroxyl groups excluding tert-OH is 1. The van der Waals surface area contributed by atoms with Crippen LogP contribution in [0.3, 0.4) is 0 Å². The normalized spacial score (nSPS) is 10.8. The van der Waals surface area contributed by atoms with Gasteiger partial charge in [-0.1, -0.05) is 60.7 Å². The first-order chi connectivity index (χ1) is 11.7. The fourth-order valence-corrected chi connectivity index (χ4v) is 2.30. The van der Waals surface area contributed by atoms with Gasteiger partial charge >= 0.3 is 6.09 Å². The second kappa shape index (κ2) is 9.53. The second-order valence-electron chi connectivity index (χ2n) is 5.47. The van der Waals surface area contributed by atoms with E-state index in [9.17, 15) is 9.90 Å². The van der Waals surface area contributed by atoms with Gasteiger partial charge in [-0.2, -0.15) is 0 Å². The molecule has 1 amide bonds. The molecule has 0 aliphatic rings. The summed E-state index contributed by atoms with van der Waals surface area (Å²) in [6, 6.07) is 15.4. The summed E-state index contributed by atoms with van der Waals surface area (Å²) in [6.07, 6.45) is 4.31. The number of hydrogen-bond donors (Lipinski definition) is 2. The van der Waals surface area contributed by atoms with Crippen LogP contribution < -0.4 is 5.32 Å². The van der Waals surface area contributed by atoms with Gasteiger partial charge in [-0.05, 0) is 35.6 Å². The van der Waals surface area contributed by atoms with E-state index in [4.69, 9.17) is 4.74 Å². The maximum absolute atomic E-state index is 11.6. The van der Waals surface area contributed by atoms with Crippen LogP contribution in [0.5, 0.6) is 0 Å². The Morgan fingerprint density at radius 1 is 1.17 bits per heavy atom. The van der Waals surface area contributed by atoms with Crippen LogP contribution in [-0.2, 0) is 18.0 Å². The van der Waals surface area contributed by atoms with Crippen LogP contribution in [0, 0.1) is 6.92 Å². The second-order valence-corrected chi connectivity index (χ2v) is 5.47. The van der Waals surface area contributed by atoms with E-state index in [2.05, 4.69) is 5.32 Å². The van der Waals surface area contributed by atoms with Gasteiger partial charge in [-0.3, -0.25) is 0 Å². The monoisotopic (exact) mass is 325 g/mol. The number of ether oxygens (including phenoxy) is 1. The largest absolute Gasteiger partial charge is 0.445 e. The quantitative estimate of drug-likeness (QED) is 0.761. The van der Waals surface area contributed by atoms with Crippen LogP contribution in [0.2, 0.25) is 0 Å². The first-order valence-corrected chi connectivity index (χ1v) is 8.01. The summed E-state index contributed by atoms with van der Waals surface area (Å²) in [7, 11) is 0. The van der Waals surface area contributed by atoms with E-state index < -0.39 is 6.09 Å². The molecule has 0 aliphatic heterocycles. The smallest absolute Gasteiger partial charge is 0.407 e. The van der Waals surface area contributed by atoms with Gasteiger partial charge in [0, 0.05) is 6.54 Å². The lowest BCUT2D eigenvalue weighted by atomic mass is 10.0.